The van der Waals surface area contributed by atoms with Gasteiger partial charge in [-0.25, -0.2) is 0 Å². The van der Waals surface area contributed by atoms with Gasteiger partial charge in [-0.1, -0.05) is 0 Å². The summed E-state index contributed by atoms with van der Waals surface area (Å²) in [7, 11) is 3.06. The van der Waals surface area contributed by atoms with Crippen molar-refractivity contribution >= 4 is 0 Å². The lowest BCUT2D eigenvalue weighted by Gasteiger charge is -2.22. The molecular weight excluding hydrogens is 218 g/mol. The number of benzene rings is 1. The number of ether oxygens (including phenoxy) is 2. The molecule has 0 spiro atoms. The summed E-state index contributed by atoms with van der Waals surface area (Å²) in [6.45, 7) is 2.01. The lowest BCUT2D eigenvalue weighted by Crippen LogP contribution is -2.31. The minimum atomic E-state index is 0.0221. The fourth-order valence-electron chi connectivity index (χ4n) is 2.32. The third kappa shape index (κ3) is 1.82. The number of phenols is 1. The van der Waals surface area contributed by atoms with E-state index in [1.54, 1.807) is 0 Å². The second kappa shape index (κ2) is 4.11. The first-order chi connectivity index (χ1) is 8.05. The molecule has 94 valence electrons. The van der Waals surface area contributed by atoms with Gasteiger partial charge in [0.1, 0.15) is 0 Å². The van der Waals surface area contributed by atoms with E-state index in [0.717, 1.165) is 18.4 Å². The van der Waals surface area contributed by atoms with Crippen LogP contribution in [0, 0.1) is 0 Å². The number of hydrogen-bond donors (Lipinski definition) is 2. The van der Waals surface area contributed by atoms with Crippen molar-refractivity contribution in [2.45, 2.75) is 31.2 Å². The van der Waals surface area contributed by atoms with E-state index in [1.165, 1.54) is 14.2 Å². The fraction of sp³-hybridized carbons (Fsp3) is 0.538. The molecule has 0 bridgehead atoms. The number of hydrogen-bond acceptors (Lipinski definition) is 4. The van der Waals surface area contributed by atoms with Gasteiger partial charge in [0.2, 0.25) is 5.75 Å². The van der Waals surface area contributed by atoms with Gasteiger partial charge in [0.05, 0.1) is 14.2 Å². The predicted molar refractivity (Wildman–Crippen MR) is 65.8 cm³/mol. The highest BCUT2D eigenvalue weighted by Gasteiger charge is 2.48. The molecule has 17 heavy (non-hydrogen) atoms. The first kappa shape index (κ1) is 12.0. The van der Waals surface area contributed by atoms with Crippen LogP contribution in [0.25, 0.3) is 0 Å². The Morgan fingerprint density at radius 3 is 2.00 bits per heavy atom. The number of rotatable bonds is 4. The maximum atomic E-state index is 9.86. The molecule has 3 N–H and O–H groups in total. The van der Waals surface area contributed by atoms with Crippen molar-refractivity contribution in [1.29, 1.82) is 0 Å². The molecule has 0 radical (unpaired) electrons. The van der Waals surface area contributed by atoms with E-state index in [1.807, 2.05) is 19.1 Å². The topological polar surface area (TPSA) is 64.7 Å². The lowest BCUT2D eigenvalue weighted by molar-refractivity contribution is 0.338. The van der Waals surface area contributed by atoms with Gasteiger partial charge >= 0.3 is 0 Å². The van der Waals surface area contributed by atoms with E-state index in [9.17, 15) is 5.11 Å². The van der Waals surface area contributed by atoms with Crippen molar-refractivity contribution in [2.24, 2.45) is 5.73 Å². The molecule has 4 nitrogen and oxygen atoms in total. The molecule has 1 saturated carbocycles. The van der Waals surface area contributed by atoms with E-state index >= 15 is 0 Å². The summed E-state index contributed by atoms with van der Waals surface area (Å²) >= 11 is 0. The second-order valence-corrected chi connectivity index (χ2v) is 4.67. The van der Waals surface area contributed by atoms with Crippen LogP contribution in [0.3, 0.4) is 0 Å². The van der Waals surface area contributed by atoms with Gasteiger partial charge in [-0.3, -0.25) is 0 Å². The molecule has 1 aromatic carbocycles. The van der Waals surface area contributed by atoms with Crippen LogP contribution in [0.2, 0.25) is 0 Å². The van der Waals surface area contributed by atoms with E-state index < -0.39 is 0 Å². The van der Waals surface area contributed by atoms with Crippen molar-refractivity contribution in [2.75, 3.05) is 14.2 Å². The highest BCUT2D eigenvalue weighted by atomic mass is 16.5. The van der Waals surface area contributed by atoms with Gasteiger partial charge in [-0.2, -0.15) is 0 Å². The highest BCUT2D eigenvalue weighted by molar-refractivity contribution is 5.55. The van der Waals surface area contributed by atoms with Crippen LogP contribution in [0.5, 0.6) is 17.2 Å². The van der Waals surface area contributed by atoms with E-state index in [4.69, 9.17) is 15.2 Å². The predicted octanol–water partition coefficient (Wildman–Crippen LogP) is 1.79. The minimum Gasteiger partial charge on any atom is -0.502 e. The Morgan fingerprint density at radius 2 is 1.71 bits per heavy atom. The van der Waals surface area contributed by atoms with E-state index in [0.29, 0.717) is 11.5 Å². The Labute approximate surface area is 101 Å². The molecule has 4 heteroatoms. The molecule has 1 aliphatic rings. The SMILES string of the molecule is COc1cc(C2(C(C)N)CC2)cc(OC)c1O. The third-order valence-electron chi connectivity index (χ3n) is 3.72. The van der Waals surface area contributed by atoms with Crippen LogP contribution in [-0.4, -0.2) is 25.4 Å². The smallest absolute Gasteiger partial charge is 0.200 e. The molecule has 0 aromatic heterocycles. The van der Waals surface area contributed by atoms with Gasteiger partial charge in [0.25, 0.3) is 0 Å². The molecule has 1 atom stereocenters. The van der Waals surface area contributed by atoms with Crippen molar-refractivity contribution in [3.05, 3.63) is 17.7 Å². The van der Waals surface area contributed by atoms with E-state index in [-0.39, 0.29) is 17.2 Å². The average molecular weight is 237 g/mol. The Morgan fingerprint density at radius 1 is 1.24 bits per heavy atom. The molecule has 0 heterocycles. The van der Waals surface area contributed by atoms with Crippen LogP contribution in [0.15, 0.2) is 12.1 Å². The Balaban J connectivity index is 2.49. The third-order valence-corrected chi connectivity index (χ3v) is 3.72. The summed E-state index contributed by atoms with van der Waals surface area (Å²) in [6.07, 6.45) is 2.14. The van der Waals surface area contributed by atoms with Crippen LogP contribution >= 0.6 is 0 Å². The molecule has 0 saturated heterocycles. The number of nitrogens with two attached hydrogens (primary N) is 1. The zero-order valence-electron chi connectivity index (χ0n) is 10.5. The minimum absolute atomic E-state index is 0.0221. The normalized spacial score (nSPS) is 18.6. The summed E-state index contributed by atoms with van der Waals surface area (Å²) in [5.41, 5.74) is 7.15. The first-order valence-electron chi connectivity index (χ1n) is 5.76. The van der Waals surface area contributed by atoms with Gasteiger partial charge in [-0.05, 0) is 37.5 Å². The molecular formula is C13H19NO3. The standard InChI is InChI=1S/C13H19NO3/c1-8(14)13(4-5-13)9-6-10(16-2)12(15)11(7-9)17-3/h6-8,15H,4-5,14H2,1-3H3. The van der Waals surface area contributed by atoms with Crippen molar-refractivity contribution < 1.29 is 14.6 Å². The molecule has 1 aromatic rings. The number of phenolic OH excluding ortho intramolecular Hbond substituents is 1. The lowest BCUT2D eigenvalue weighted by atomic mass is 9.89. The fourth-order valence-corrected chi connectivity index (χ4v) is 2.32. The van der Waals surface area contributed by atoms with Crippen molar-refractivity contribution in [3.63, 3.8) is 0 Å². The maximum absolute atomic E-state index is 9.86. The Bertz CT molecular complexity index is 400. The van der Waals surface area contributed by atoms with Crippen molar-refractivity contribution in [3.8, 4) is 17.2 Å². The monoisotopic (exact) mass is 237 g/mol. The summed E-state index contributed by atoms with van der Waals surface area (Å²) in [5.74, 6) is 0.914. The van der Waals surface area contributed by atoms with Crippen LogP contribution in [0.4, 0.5) is 0 Å². The van der Waals surface area contributed by atoms with Crippen LogP contribution in [0.1, 0.15) is 25.3 Å². The molecule has 1 unspecified atom stereocenters. The van der Waals surface area contributed by atoms with Gasteiger partial charge in [-0.15, -0.1) is 0 Å². The largest absolute Gasteiger partial charge is 0.502 e. The molecule has 0 aliphatic heterocycles. The maximum Gasteiger partial charge on any atom is 0.200 e. The first-order valence-corrected chi connectivity index (χ1v) is 5.76. The number of methoxy groups -OCH3 is 2. The zero-order chi connectivity index (χ0) is 12.6. The van der Waals surface area contributed by atoms with Crippen molar-refractivity contribution in [1.82, 2.24) is 0 Å². The summed E-state index contributed by atoms with van der Waals surface area (Å²) in [4.78, 5) is 0. The Hall–Kier alpha value is -1.42. The summed E-state index contributed by atoms with van der Waals surface area (Å²) < 4.78 is 10.3. The molecule has 0 amide bonds. The molecule has 1 aliphatic carbocycles. The molecule has 1 fully saturated rings. The van der Waals surface area contributed by atoms with E-state index in [2.05, 4.69) is 0 Å². The number of aromatic hydroxyl groups is 1. The van der Waals surface area contributed by atoms with Gasteiger partial charge < -0.3 is 20.3 Å². The highest BCUT2D eigenvalue weighted by Crippen LogP contribution is 2.53. The summed E-state index contributed by atoms with van der Waals surface area (Å²) in [5, 5.41) is 9.86. The quantitative estimate of drug-likeness (QED) is 0.838. The molecule has 2 rings (SSSR count). The second-order valence-electron chi connectivity index (χ2n) is 4.67. The van der Waals surface area contributed by atoms with Crippen LogP contribution < -0.4 is 15.2 Å². The van der Waals surface area contributed by atoms with Gasteiger partial charge in [0.15, 0.2) is 11.5 Å². The van der Waals surface area contributed by atoms with Gasteiger partial charge in [0, 0.05) is 11.5 Å². The summed E-state index contributed by atoms with van der Waals surface area (Å²) in [6, 6.07) is 3.80. The van der Waals surface area contributed by atoms with Crippen LogP contribution in [-0.2, 0) is 5.41 Å². The average Bonchev–Trinajstić information content (AvgIpc) is 3.10. The zero-order valence-corrected chi connectivity index (χ0v) is 10.5. The Kier molecular flexibility index (Phi) is 2.91.